The number of benzene rings is 2. The van der Waals surface area contributed by atoms with Crippen molar-refractivity contribution in [1.82, 2.24) is 5.32 Å². The van der Waals surface area contributed by atoms with Gasteiger partial charge in [-0.15, -0.1) is 0 Å². The van der Waals surface area contributed by atoms with Gasteiger partial charge in [-0.1, -0.05) is 17.7 Å². The van der Waals surface area contributed by atoms with E-state index in [4.69, 9.17) is 4.74 Å². The van der Waals surface area contributed by atoms with Crippen LogP contribution in [0.2, 0.25) is 0 Å². The van der Waals surface area contributed by atoms with Gasteiger partial charge >= 0.3 is 0 Å². The summed E-state index contributed by atoms with van der Waals surface area (Å²) in [5.41, 5.74) is 4.59. The number of aliphatic hydroxyl groups excluding tert-OH is 1. The first-order valence-electron chi connectivity index (χ1n) is 11.0. The number of nitrogens with one attached hydrogen (secondary N) is 2. The fourth-order valence-corrected chi connectivity index (χ4v) is 3.95. The molecule has 8 heteroatoms. The minimum Gasteiger partial charge on any atom is -0.484 e. The lowest BCUT2D eigenvalue weighted by Gasteiger charge is -2.17. The molecule has 176 valence electrons. The number of hydrogen-bond donors (Lipinski definition) is 3. The van der Waals surface area contributed by atoms with Crippen LogP contribution in [0.25, 0.3) is 0 Å². The van der Waals surface area contributed by atoms with Crippen LogP contribution >= 0.6 is 0 Å². The normalized spacial score (nSPS) is 16.5. The molecular weight excluding hydrogens is 422 g/mol. The second-order valence-electron chi connectivity index (χ2n) is 8.60. The number of hydrogen-bond acceptors (Lipinski definition) is 5. The van der Waals surface area contributed by atoms with E-state index in [9.17, 15) is 19.5 Å². The summed E-state index contributed by atoms with van der Waals surface area (Å²) in [5.74, 6) is -0.579. The molecule has 8 nitrogen and oxygen atoms in total. The number of aryl methyl sites for hydroxylation is 3. The Morgan fingerprint density at radius 2 is 1.79 bits per heavy atom. The van der Waals surface area contributed by atoms with Crippen molar-refractivity contribution >= 4 is 29.1 Å². The summed E-state index contributed by atoms with van der Waals surface area (Å²) in [5, 5.41) is 14.9. The molecule has 1 aliphatic heterocycles. The van der Waals surface area contributed by atoms with Gasteiger partial charge in [0.1, 0.15) is 5.75 Å². The average Bonchev–Trinajstić information content (AvgIpc) is 3.15. The van der Waals surface area contributed by atoms with Crippen LogP contribution in [0.15, 0.2) is 36.4 Å². The van der Waals surface area contributed by atoms with E-state index in [1.54, 1.807) is 36.1 Å². The molecule has 0 saturated carbocycles. The molecule has 0 bridgehead atoms. The topological polar surface area (TPSA) is 108 Å². The van der Waals surface area contributed by atoms with Gasteiger partial charge in [0.15, 0.2) is 6.61 Å². The van der Waals surface area contributed by atoms with Crippen molar-refractivity contribution in [3.05, 3.63) is 53.1 Å². The lowest BCUT2D eigenvalue weighted by Crippen LogP contribution is -2.36. The highest BCUT2D eigenvalue weighted by Crippen LogP contribution is 2.27. The standard InChI is InChI=1S/C25H31N3O5/c1-15-9-16(2)24(17(3)10-15)27-22(30)14-33-21-7-5-20(6-8-21)28-13-19(11-23(28)31)25(32)26-12-18(4)29/h5-10,18-19,29H,11-14H2,1-4H3,(H,26,32)(H,27,30)/t18-,19-/m0/s1. The van der Waals surface area contributed by atoms with Gasteiger partial charge in [0.2, 0.25) is 11.8 Å². The first kappa shape index (κ1) is 24.3. The molecule has 2 aromatic rings. The summed E-state index contributed by atoms with van der Waals surface area (Å²) in [4.78, 5) is 38.5. The molecule has 0 spiro atoms. The summed E-state index contributed by atoms with van der Waals surface area (Å²) in [6, 6.07) is 10.9. The Bertz CT molecular complexity index is 1010. The van der Waals surface area contributed by atoms with Crippen molar-refractivity contribution in [2.24, 2.45) is 5.92 Å². The number of ether oxygens (including phenoxy) is 1. The number of anilines is 2. The van der Waals surface area contributed by atoms with Crippen molar-refractivity contribution < 1.29 is 24.2 Å². The van der Waals surface area contributed by atoms with Crippen LogP contribution in [-0.4, -0.2) is 48.6 Å². The molecule has 3 rings (SSSR count). The second kappa shape index (κ2) is 10.5. The molecule has 0 radical (unpaired) electrons. The van der Waals surface area contributed by atoms with E-state index in [1.165, 1.54) is 0 Å². The number of nitrogens with zero attached hydrogens (tertiary/aromatic N) is 1. The van der Waals surface area contributed by atoms with Crippen LogP contribution < -0.4 is 20.3 Å². The third-order valence-corrected chi connectivity index (χ3v) is 5.53. The van der Waals surface area contributed by atoms with Gasteiger partial charge < -0.3 is 25.4 Å². The first-order valence-corrected chi connectivity index (χ1v) is 11.0. The maximum Gasteiger partial charge on any atom is 0.262 e. The van der Waals surface area contributed by atoms with E-state index in [0.29, 0.717) is 11.4 Å². The number of amides is 3. The van der Waals surface area contributed by atoms with Gasteiger partial charge in [-0.2, -0.15) is 0 Å². The van der Waals surface area contributed by atoms with E-state index in [-0.39, 0.29) is 43.8 Å². The van der Waals surface area contributed by atoms with Crippen LogP contribution in [0.5, 0.6) is 5.75 Å². The van der Waals surface area contributed by atoms with Gasteiger partial charge in [-0.05, 0) is 63.1 Å². The summed E-state index contributed by atoms with van der Waals surface area (Å²) >= 11 is 0. The van der Waals surface area contributed by atoms with Crippen molar-refractivity contribution in [2.75, 3.05) is 29.9 Å². The van der Waals surface area contributed by atoms with Crippen molar-refractivity contribution in [2.45, 2.75) is 40.2 Å². The van der Waals surface area contributed by atoms with Crippen LogP contribution in [0.1, 0.15) is 30.0 Å². The zero-order chi connectivity index (χ0) is 24.1. The zero-order valence-corrected chi connectivity index (χ0v) is 19.5. The second-order valence-corrected chi connectivity index (χ2v) is 8.60. The number of carbonyl (C=O) groups excluding carboxylic acids is 3. The average molecular weight is 454 g/mol. The Kier molecular flexibility index (Phi) is 7.71. The molecule has 33 heavy (non-hydrogen) atoms. The Morgan fingerprint density at radius 1 is 1.15 bits per heavy atom. The molecule has 0 aliphatic carbocycles. The van der Waals surface area contributed by atoms with E-state index in [2.05, 4.69) is 10.6 Å². The number of carbonyl (C=O) groups is 3. The first-order chi connectivity index (χ1) is 15.6. The minimum absolute atomic E-state index is 0.127. The predicted molar refractivity (Wildman–Crippen MR) is 126 cm³/mol. The lowest BCUT2D eigenvalue weighted by atomic mass is 10.1. The molecule has 1 fully saturated rings. The summed E-state index contributed by atoms with van der Waals surface area (Å²) < 4.78 is 5.60. The van der Waals surface area contributed by atoms with Crippen molar-refractivity contribution in [3.8, 4) is 5.75 Å². The molecule has 2 atom stereocenters. The van der Waals surface area contributed by atoms with E-state index in [1.807, 2.05) is 32.9 Å². The maximum absolute atomic E-state index is 12.4. The minimum atomic E-state index is -0.637. The van der Waals surface area contributed by atoms with Crippen LogP contribution in [0, 0.1) is 26.7 Å². The Labute approximate surface area is 193 Å². The summed E-state index contributed by atoms with van der Waals surface area (Å²) in [6.07, 6.45) is -0.510. The molecule has 1 saturated heterocycles. The number of rotatable bonds is 8. The molecule has 2 aromatic carbocycles. The summed E-state index contributed by atoms with van der Waals surface area (Å²) in [6.45, 7) is 7.81. The third-order valence-electron chi connectivity index (χ3n) is 5.53. The van der Waals surface area contributed by atoms with Crippen molar-refractivity contribution in [3.63, 3.8) is 0 Å². The monoisotopic (exact) mass is 453 g/mol. The van der Waals surface area contributed by atoms with Gasteiger partial charge in [-0.25, -0.2) is 0 Å². The molecule has 0 aromatic heterocycles. The lowest BCUT2D eigenvalue weighted by molar-refractivity contribution is -0.126. The van der Waals surface area contributed by atoms with Crippen LogP contribution in [0.4, 0.5) is 11.4 Å². The SMILES string of the molecule is Cc1cc(C)c(NC(=O)COc2ccc(N3C[C@@H](C(=O)NC[C@H](C)O)CC3=O)cc2)c(C)c1. The van der Waals surface area contributed by atoms with Crippen LogP contribution in [-0.2, 0) is 14.4 Å². The van der Waals surface area contributed by atoms with Gasteiger partial charge in [-0.3, -0.25) is 14.4 Å². The van der Waals surface area contributed by atoms with E-state index >= 15 is 0 Å². The molecular formula is C25H31N3O5. The molecule has 0 unspecified atom stereocenters. The van der Waals surface area contributed by atoms with E-state index < -0.39 is 12.0 Å². The van der Waals surface area contributed by atoms with Crippen LogP contribution in [0.3, 0.4) is 0 Å². The highest BCUT2D eigenvalue weighted by Gasteiger charge is 2.35. The predicted octanol–water partition coefficient (Wildman–Crippen LogP) is 2.48. The Balaban J connectivity index is 1.54. The van der Waals surface area contributed by atoms with Crippen molar-refractivity contribution in [1.29, 1.82) is 0 Å². The highest BCUT2D eigenvalue weighted by molar-refractivity contribution is 6.00. The highest BCUT2D eigenvalue weighted by atomic mass is 16.5. The van der Waals surface area contributed by atoms with Gasteiger partial charge in [0, 0.05) is 30.9 Å². The quantitative estimate of drug-likeness (QED) is 0.569. The summed E-state index contributed by atoms with van der Waals surface area (Å²) in [7, 11) is 0. The zero-order valence-electron chi connectivity index (χ0n) is 19.5. The molecule has 1 aliphatic rings. The fraction of sp³-hybridized carbons (Fsp3) is 0.400. The smallest absolute Gasteiger partial charge is 0.262 e. The van der Waals surface area contributed by atoms with E-state index in [0.717, 1.165) is 22.4 Å². The molecule has 3 N–H and O–H groups in total. The Morgan fingerprint density at radius 3 is 2.39 bits per heavy atom. The fourth-order valence-electron chi connectivity index (χ4n) is 3.95. The molecule has 1 heterocycles. The van der Waals surface area contributed by atoms with Gasteiger partial charge in [0.05, 0.1) is 12.0 Å². The largest absolute Gasteiger partial charge is 0.484 e. The molecule has 3 amide bonds. The maximum atomic E-state index is 12.4. The number of aliphatic hydroxyl groups is 1. The Hall–Kier alpha value is -3.39. The third kappa shape index (κ3) is 6.32. The van der Waals surface area contributed by atoms with Gasteiger partial charge in [0.25, 0.3) is 5.91 Å².